The predicted molar refractivity (Wildman–Crippen MR) is 53.3 cm³/mol. The largest absolute Gasteiger partial charge is 0.383 e. The lowest BCUT2D eigenvalue weighted by Crippen LogP contribution is -2.23. The number of fused-ring (bicyclic) bond motifs is 1. The van der Waals surface area contributed by atoms with Crippen LogP contribution in [0.25, 0.3) is 0 Å². The van der Waals surface area contributed by atoms with Crippen LogP contribution in [-0.2, 0) is 13.0 Å². The quantitative estimate of drug-likeness (QED) is 0.623. The number of rotatable bonds is 0. The van der Waals surface area contributed by atoms with E-state index in [1.807, 2.05) is 0 Å². The van der Waals surface area contributed by atoms with Crippen LogP contribution in [0.5, 0.6) is 0 Å². The van der Waals surface area contributed by atoms with Crippen LogP contribution in [0.1, 0.15) is 24.5 Å². The van der Waals surface area contributed by atoms with Gasteiger partial charge in [-0.15, -0.1) is 0 Å². The molecule has 0 aromatic carbocycles. The van der Waals surface area contributed by atoms with Gasteiger partial charge in [-0.05, 0) is 37.0 Å². The first kappa shape index (κ1) is 8.51. The van der Waals surface area contributed by atoms with Crippen molar-refractivity contribution in [2.75, 3.05) is 5.73 Å². The summed E-state index contributed by atoms with van der Waals surface area (Å²) in [6, 6.07) is 2.63. The first-order chi connectivity index (χ1) is 6.27. The number of nitrogen functional groups attached to an aromatic ring is 1. The summed E-state index contributed by atoms with van der Waals surface area (Å²) in [7, 11) is 0. The maximum atomic E-state index is 5.82. The number of nitrogens with two attached hydrogens (primary N) is 1. The Morgan fingerprint density at radius 2 is 2.46 bits per heavy atom. The van der Waals surface area contributed by atoms with Gasteiger partial charge >= 0.3 is 0 Å². The van der Waals surface area contributed by atoms with Crippen LogP contribution in [0.2, 0.25) is 0 Å². The zero-order valence-electron chi connectivity index (χ0n) is 7.88. The summed E-state index contributed by atoms with van der Waals surface area (Å²) in [5.74, 6) is 0.702. The van der Waals surface area contributed by atoms with Crippen molar-refractivity contribution >= 4 is 5.82 Å². The molecule has 70 valence electrons. The van der Waals surface area contributed by atoms with Crippen LogP contribution in [-0.4, -0.2) is 11.0 Å². The number of aromatic nitrogens is 1. The SMILES string of the molecule is C[C@H]1CCc2c(ccnc2N)CN1. The number of nitrogens with one attached hydrogen (secondary N) is 1. The number of hydrogen-bond acceptors (Lipinski definition) is 3. The third-order valence-electron chi connectivity index (χ3n) is 2.65. The maximum Gasteiger partial charge on any atom is 0.126 e. The third-order valence-corrected chi connectivity index (χ3v) is 2.65. The molecule has 0 fully saturated rings. The molecule has 1 aromatic rings. The van der Waals surface area contributed by atoms with E-state index in [0.717, 1.165) is 19.4 Å². The Bertz CT molecular complexity index is 309. The highest BCUT2D eigenvalue weighted by molar-refractivity contribution is 5.44. The Morgan fingerprint density at radius 3 is 3.31 bits per heavy atom. The summed E-state index contributed by atoms with van der Waals surface area (Å²) in [5.41, 5.74) is 8.36. The average Bonchev–Trinajstić information content (AvgIpc) is 2.30. The van der Waals surface area contributed by atoms with Gasteiger partial charge in [-0.1, -0.05) is 0 Å². The minimum atomic E-state index is 0.576. The monoisotopic (exact) mass is 177 g/mol. The molecule has 0 saturated carbocycles. The van der Waals surface area contributed by atoms with Gasteiger partial charge in [-0.2, -0.15) is 0 Å². The molecule has 0 amide bonds. The molecule has 2 heterocycles. The minimum Gasteiger partial charge on any atom is -0.383 e. The lowest BCUT2D eigenvalue weighted by Gasteiger charge is -2.07. The van der Waals surface area contributed by atoms with Crippen molar-refractivity contribution in [3.63, 3.8) is 0 Å². The molecule has 1 aromatic heterocycles. The van der Waals surface area contributed by atoms with Crippen molar-refractivity contribution in [3.05, 3.63) is 23.4 Å². The first-order valence-electron chi connectivity index (χ1n) is 4.73. The molecule has 3 heteroatoms. The number of pyridine rings is 1. The van der Waals surface area contributed by atoms with Crippen LogP contribution in [0.4, 0.5) is 5.82 Å². The van der Waals surface area contributed by atoms with Gasteiger partial charge in [-0.3, -0.25) is 0 Å². The van der Waals surface area contributed by atoms with Crippen LogP contribution >= 0.6 is 0 Å². The van der Waals surface area contributed by atoms with E-state index in [4.69, 9.17) is 5.73 Å². The summed E-state index contributed by atoms with van der Waals surface area (Å²) >= 11 is 0. The Balaban J connectivity index is 2.35. The molecular weight excluding hydrogens is 162 g/mol. The Kier molecular flexibility index (Phi) is 2.19. The molecule has 3 nitrogen and oxygen atoms in total. The summed E-state index contributed by atoms with van der Waals surface area (Å²) in [6.07, 6.45) is 3.97. The van der Waals surface area contributed by atoms with Gasteiger partial charge in [0, 0.05) is 18.8 Å². The van der Waals surface area contributed by atoms with Gasteiger partial charge in [0.2, 0.25) is 0 Å². The van der Waals surface area contributed by atoms with Gasteiger partial charge in [0.1, 0.15) is 5.82 Å². The zero-order valence-corrected chi connectivity index (χ0v) is 7.88. The lowest BCUT2D eigenvalue weighted by molar-refractivity contribution is 0.534. The second-order valence-electron chi connectivity index (χ2n) is 3.65. The summed E-state index contributed by atoms with van der Waals surface area (Å²) in [4.78, 5) is 4.11. The molecule has 0 radical (unpaired) electrons. The summed E-state index contributed by atoms with van der Waals surface area (Å²) < 4.78 is 0. The van der Waals surface area contributed by atoms with Crippen molar-refractivity contribution in [3.8, 4) is 0 Å². The van der Waals surface area contributed by atoms with Crippen LogP contribution in [0.3, 0.4) is 0 Å². The highest BCUT2D eigenvalue weighted by Gasteiger charge is 2.13. The van der Waals surface area contributed by atoms with Crippen LogP contribution < -0.4 is 11.1 Å². The van der Waals surface area contributed by atoms with E-state index in [2.05, 4.69) is 23.3 Å². The maximum absolute atomic E-state index is 5.82. The molecule has 1 aliphatic rings. The fourth-order valence-electron chi connectivity index (χ4n) is 1.75. The summed E-state index contributed by atoms with van der Waals surface area (Å²) in [5, 5.41) is 3.44. The molecule has 3 N–H and O–H groups in total. The zero-order chi connectivity index (χ0) is 9.26. The lowest BCUT2D eigenvalue weighted by atomic mass is 10.0. The number of anilines is 1. The normalized spacial score (nSPS) is 22.1. The molecule has 0 spiro atoms. The van der Waals surface area contributed by atoms with E-state index in [0.29, 0.717) is 11.9 Å². The van der Waals surface area contributed by atoms with E-state index in [1.54, 1.807) is 6.20 Å². The van der Waals surface area contributed by atoms with Crippen molar-refractivity contribution in [2.24, 2.45) is 0 Å². The molecule has 13 heavy (non-hydrogen) atoms. The second-order valence-corrected chi connectivity index (χ2v) is 3.65. The van der Waals surface area contributed by atoms with Gasteiger partial charge < -0.3 is 11.1 Å². The third kappa shape index (κ3) is 1.65. The molecule has 0 saturated heterocycles. The van der Waals surface area contributed by atoms with Gasteiger partial charge in [0.25, 0.3) is 0 Å². The smallest absolute Gasteiger partial charge is 0.126 e. The molecule has 1 atom stereocenters. The average molecular weight is 177 g/mol. The van der Waals surface area contributed by atoms with Crippen molar-refractivity contribution < 1.29 is 0 Å². The second kappa shape index (κ2) is 3.34. The molecule has 0 unspecified atom stereocenters. The van der Waals surface area contributed by atoms with Crippen LogP contribution in [0, 0.1) is 0 Å². The molecule has 0 aliphatic carbocycles. The first-order valence-corrected chi connectivity index (χ1v) is 4.73. The topological polar surface area (TPSA) is 50.9 Å². The molecular formula is C10H15N3. The molecule has 0 bridgehead atoms. The van der Waals surface area contributed by atoms with Crippen molar-refractivity contribution in [1.82, 2.24) is 10.3 Å². The van der Waals surface area contributed by atoms with E-state index in [-0.39, 0.29) is 0 Å². The van der Waals surface area contributed by atoms with Crippen molar-refractivity contribution in [1.29, 1.82) is 0 Å². The molecule has 2 rings (SSSR count). The van der Waals surface area contributed by atoms with E-state index >= 15 is 0 Å². The summed E-state index contributed by atoms with van der Waals surface area (Å²) in [6.45, 7) is 3.12. The fourth-order valence-corrected chi connectivity index (χ4v) is 1.75. The van der Waals surface area contributed by atoms with E-state index in [9.17, 15) is 0 Å². The molecule has 1 aliphatic heterocycles. The van der Waals surface area contributed by atoms with E-state index < -0.39 is 0 Å². The Labute approximate surface area is 78.4 Å². The van der Waals surface area contributed by atoms with Crippen LogP contribution in [0.15, 0.2) is 12.3 Å². The highest BCUT2D eigenvalue weighted by atomic mass is 14.9. The van der Waals surface area contributed by atoms with E-state index in [1.165, 1.54) is 11.1 Å². The Morgan fingerprint density at radius 1 is 1.62 bits per heavy atom. The minimum absolute atomic E-state index is 0.576. The number of hydrogen-bond donors (Lipinski definition) is 2. The Hall–Kier alpha value is -1.09. The van der Waals surface area contributed by atoms with Gasteiger partial charge in [0.05, 0.1) is 0 Å². The van der Waals surface area contributed by atoms with Crippen molar-refractivity contribution in [2.45, 2.75) is 32.4 Å². The predicted octanol–water partition coefficient (Wildman–Crippen LogP) is 1.09. The van der Waals surface area contributed by atoms with Gasteiger partial charge in [-0.25, -0.2) is 4.98 Å². The number of nitrogens with zero attached hydrogens (tertiary/aromatic N) is 1. The standard InChI is InChI=1S/C10H15N3/c1-7-2-3-9-8(6-13-7)4-5-12-10(9)11/h4-5,7,13H,2-3,6H2,1H3,(H2,11,12)/t7-/m0/s1. The fraction of sp³-hybridized carbons (Fsp3) is 0.500. The van der Waals surface area contributed by atoms with Gasteiger partial charge in [0.15, 0.2) is 0 Å². The highest BCUT2D eigenvalue weighted by Crippen LogP contribution is 2.20.